The van der Waals surface area contributed by atoms with Crippen molar-refractivity contribution in [3.8, 4) is 0 Å². The number of hydrogen-bond acceptors (Lipinski definition) is 3. The SMILES string of the molecule is CC1(C)CC(=O)C(/C=N/C(N)=S)=C(O)C1. The molecule has 0 atom stereocenters. The van der Waals surface area contributed by atoms with Gasteiger partial charge in [0.2, 0.25) is 0 Å². The lowest BCUT2D eigenvalue weighted by Crippen LogP contribution is -2.26. The zero-order valence-corrected chi connectivity index (χ0v) is 9.60. The molecular weight excluding hydrogens is 212 g/mol. The second kappa shape index (κ2) is 4.10. The van der Waals surface area contributed by atoms with E-state index in [1.807, 2.05) is 13.8 Å². The van der Waals surface area contributed by atoms with Gasteiger partial charge < -0.3 is 10.8 Å². The van der Waals surface area contributed by atoms with Gasteiger partial charge in [0.25, 0.3) is 0 Å². The molecule has 1 rings (SSSR count). The van der Waals surface area contributed by atoms with Crippen molar-refractivity contribution in [3.63, 3.8) is 0 Å². The molecule has 0 fully saturated rings. The van der Waals surface area contributed by atoms with E-state index >= 15 is 0 Å². The van der Waals surface area contributed by atoms with Gasteiger partial charge in [-0.1, -0.05) is 13.8 Å². The molecule has 0 bridgehead atoms. The first-order valence-corrected chi connectivity index (χ1v) is 5.01. The molecule has 0 aromatic rings. The van der Waals surface area contributed by atoms with Crippen LogP contribution in [-0.2, 0) is 4.79 Å². The van der Waals surface area contributed by atoms with Crippen LogP contribution >= 0.6 is 12.2 Å². The minimum atomic E-state index is -0.193. The predicted molar refractivity (Wildman–Crippen MR) is 63.0 cm³/mol. The normalized spacial score (nSPS) is 21.1. The highest BCUT2D eigenvalue weighted by molar-refractivity contribution is 7.80. The van der Waals surface area contributed by atoms with Crippen molar-refractivity contribution >= 4 is 29.3 Å². The van der Waals surface area contributed by atoms with Crippen LogP contribution in [0.1, 0.15) is 26.7 Å². The number of Topliss-reactive ketones (excluding diaryl/α,β-unsaturated/α-hetero) is 1. The molecule has 0 amide bonds. The first kappa shape index (κ1) is 11.8. The number of nitrogens with two attached hydrogens (primary N) is 1. The van der Waals surface area contributed by atoms with Crippen molar-refractivity contribution in [3.05, 3.63) is 11.3 Å². The molecule has 5 heteroatoms. The fraction of sp³-hybridized carbons (Fsp3) is 0.500. The summed E-state index contributed by atoms with van der Waals surface area (Å²) >= 11 is 4.55. The summed E-state index contributed by atoms with van der Waals surface area (Å²) in [5.41, 5.74) is 5.20. The van der Waals surface area contributed by atoms with Crippen LogP contribution in [0.2, 0.25) is 0 Å². The third-order valence-electron chi connectivity index (χ3n) is 2.22. The van der Waals surface area contributed by atoms with Crippen molar-refractivity contribution in [1.29, 1.82) is 0 Å². The number of rotatable bonds is 1. The summed E-state index contributed by atoms with van der Waals surface area (Å²) < 4.78 is 0. The molecule has 3 N–H and O–H groups in total. The van der Waals surface area contributed by atoms with E-state index in [0.717, 1.165) is 0 Å². The number of aliphatic imine (C=N–C) groups is 1. The van der Waals surface area contributed by atoms with Gasteiger partial charge in [0.1, 0.15) is 5.76 Å². The Labute approximate surface area is 93.9 Å². The molecule has 0 aromatic carbocycles. The molecule has 15 heavy (non-hydrogen) atoms. The number of ketones is 1. The Morgan fingerprint density at radius 2 is 2.20 bits per heavy atom. The van der Waals surface area contributed by atoms with E-state index in [-0.39, 0.29) is 27.6 Å². The zero-order valence-electron chi connectivity index (χ0n) is 8.78. The highest BCUT2D eigenvalue weighted by Gasteiger charge is 2.32. The molecule has 0 spiro atoms. The monoisotopic (exact) mass is 226 g/mol. The number of aliphatic hydroxyl groups excluding tert-OH is 1. The molecule has 1 aliphatic carbocycles. The van der Waals surface area contributed by atoms with Gasteiger partial charge in [0, 0.05) is 19.1 Å². The molecule has 4 nitrogen and oxygen atoms in total. The molecule has 0 unspecified atom stereocenters. The average Bonchev–Trinajstić information content (AvgIpc) is 1.98. The molecular formula is C10H14N2O2S. The van der Waals surface area contributed by atoms with E-state index in [2.05, 4.69) is 17.2 Å². The van der Waals surface area contributed by atoms with Gasteiger partial charge in [-0.2, -0.15) is 0 Å². The van der Waals surface area contributed by atoms with E-state index < -0.39 is 0 Å². The van der Waals surface area contributed by atoms with Crippen LogP contribution in [0.4, 0.5) is 0 Å². The van der Waals surface area contributed by atoms with Crippen LogP contribution < -0.4 is 5.73 Å². The quantitative estimate of drug-likeness (QED) is 0.525. The van der Waals surface area contributed by atoms with Gasteiger partial charge in [-0.05, 0) is 17.6 Å². The lowest BCUT2D eigenvalue weighted by atomic mass is 9.77. The summed E-state index contributed by atoms with van der Waals surface area (Å²) in [5.74, 6) is -0.0556. The summed E-state index contributed by atoms with van der Waals surface area (Å²) in [4.78, 5) is 15.3. The van der Waals surface area contributed by atoms with E-state index in [1.54, 1.807) is 0 Å². The number of aliphatic hydroxyl groups is 1. The predicted octanol–water partition coefficient (Wildman–Crippen LogP) is 1.50. The molecule has 0 aromatic heterocycles. The smallest absolute Gasteiger partial charge is 0.190 e. The summed E-state index contributed by atoms with van der Waals surface area (Å²) in [6, 6.07) is 0. The van der Waals surface area contributed by atoms with Gasteiger partial charge >= 0.3 is 0 Å². The second-order valence-electron chi connectivity index (χ2n) is 4.40. The Kier molecular flexibility index (Phi) is 3.24. The Bertz CT molecular complexity index is 370. The maximum atomic E-state index is 11.6. The largest absolute Gasteiger partial charge is 0.511 e. The van der Waals surface area contributed by atoms with Crippen LogP contribution in [0.25, 0.3) is 0 Å². The van der Waals surface area contributed by atoms with Crippen molar-refractivity contribution < 1.29 is 9.90 Å². The topological polar surface area (TPSA) is 75.7 Å². The Morgan fingerprint density at radius 3 is 2.67 bits per heavy atom. The summed E-state index contributed by atoms with van der Waals surface area (Å²) in [6.07, 6.45) is 2.11. The summed E-state index contributed by atoms with van der Waals surface area (Å²) in [7, 11) is 0. The summed E-state index contributed by atoms with van der Waals surface area (Å²) in [5, 5.41) is 9.62. The number of carbonyl (C=O) groups is 1. The number of allylic oxidation sites excluding steroid dienone is 2. The maximum absolute atomic E-state index is 11.6. The molecule has 0 aliphatic heterocycles. The van der Waals surface area contributed by atoms with Gasteiger partial charge in [0.05, 0.1) is 5.57 Å². The second-order valence-corrected chi connectivity index (χ2v) is 4.82. The maximum Gasteiger partial charge on any atom is 0.190 e. The lowest BCUT2D eigenvalue weighted by molar-refractivity contribution is -0.117. The molecule has 1 aliphatic rings. The Morgan fingerprint density at radius 1 is 1.60 bits per heavy atom. The molecule has 0 radical (unpaired) electrons. The number of carbonyl (C=O) groups excluding carboxylic acids is 1. The Balaban J connectivity index is 2.97. The van der Waals surface area contributed by atoms with Crippen LogP contribution in [0.3, 0.4) is 0 Å². The van der Waals surface area contributed by atoms with Crippen LogP contribution in [0.15, 0.2) is 16.3 Å². The van der Waals surface area contributed by atoms with E-state index in [4.69, 9.17) is 5.73 Å². The number of thiocarbonyl (C=S) groups is 1. The van der Waals surface area contributed by atoms with Gasteiger partial charge in [-0.3, -0.25) is 4.79 Å². The minimum absolute atomic E-state index is 0.0482. The fourth-order valence-corrected chi connectivity index (χ4v) is 1.63. The highest BCUT2D eigenvalue weighted by atomic mass is 32.1. The number of nitrogens with zero attached hydrogens (tertiary/aromatic N) is 1. The van der Waals surface area contributed by atoms with Gasteiger partial charge in [-0.15, -0.1) is 0 Å². The van der Waals surface area contributed by atoms with E-state index in [0.29, 0.717) is 12.8 Å². The molecule has 0 saturated heterocycles. The summed E-state index contributed by atoms with van der Waals surface area (Å²) in [6.45, 7) is 3.87. The highest BCUT2D eigenvalue weighted by Crippen LogP contribution is 2.34. The third-order valence-corrected chi connectivity index (χ3v) is 2.32. The van der Waals surface area contributed by atoms with E-state index in [1.165, 1.54) is 6.21 Å². The fourth-order valence-electron chi connectivity index (χ4n) is 1.58. The van der Waals surface area contributed by atoms with Crippen LogP contribution in [0, 0.1) is 5.41 Å². The van der Waals surface area contributed by atoms with Crippen LogP contribution in [0.5, 0.6) is 0 Å². The minimum Gasteiger partial charge on any atom is -0.511 e. The molecule has 0 saturated carbocycles. The first-order chi connectivity index (χ1) is 6.82. The van der Waals surface area contributed by atoms with Crippen molar-refractivity contribution in [2.24, 2.45) is 16.1 Å². The van der Waals surface area contributed by atoms with Crippen molar-refractivity contribution in [2.45, 2.75) is 26.7 Å². The third kappa shape index (κ3) is 3.13. The average molecular weight is 226 g/mol. The standard InChI is InChI=1S/C10H14N2O2S/c1-10(2)3-7(13)6(8(14)4-10)5-12-9(11)15/h5,13H,3-4H2,1-2H3,(H2,11,15)/b12-5+. The van der Waals surface area contributed by atoms with Crippen LogP contribution in [-0.4, -0.2) is 22.2 Å². The van der Waals surface area contributed by atoms with Crippen molar-refractivity contribution in [1.82, 2.24) is 0 Å². The van der Waals surface area contributed by atoms with Gasteiger partial charge in [0.15, 0.2) is 10.9 Å². The number of hydrogen-bond donors (Lipinski definition) is 2. The molecule has 0 heterocycles. The zero-order chi connectivity index (χ0) is 11.6. The lowest BCUT2D eigenvalue weighted by Gasteiger charge is -2.28. The Hall–Kier alpha value is -1.23. The van der Waals surface area contributed by atoms with Gasteiger partial charge in [-0.25, -0.2) is 4.99 Å². The van der Waals surface area contributed by atoms with Crippen molar-refractivity contribution in [2.75, 3.05) is 0 Å². The first-order valence-electron chi connectivity index (χ1n) is 4.61. The molecule has 82 valence electrons. The van der Waals surface area contributed by atoms with E-state index in [9.17, 15) is 9.90 Å².